The molecule has 6 heteroatoms. The standard InChI is InChI=1S/C26H21FN2O2S/c27-19-10-8-18(9-11-19)23-24(32-22-6-2-1-3-7-22)26(31)29(25(23)30)21-14-12-20(13-15-21)28-16-4-5-17-28/h1-3,6-15H,4-5,16-17H2. The number of carbonyl (C=O) groups excluding carboxylic acids is 2. The minimum absolute atomic E-state index is 0.299. The van der Waals surface area contributed by atoms with Crippen LogP contribution in [-0.4, -0.2) is 24.9 Å². The van der Waals surface area contributed by atoms with Crippen LogP contribution >= 0.6 is 11.8 Å². The number of thioether (sulfide) groups is 1. The van der Waals surface area contributed by atoms with Gasteiger partial charge in [0.1, 0.15) is 5.82 Å². The summed E-state index contributed by atoms with van der Waals surface area (Å²) in [6.45, 7) is 2.05. The van der Waals surface area contributed by atoms with E-state index < -0.39 is 11.7 Å². The number of anilines is 2. The maximum Gasteiger partial charge on any atom is 0.272 e. The number of halogens is 1. The van der Waals surface area contributed by atoms with E-state index in [1.807, 2.05) is 54.6 Å². The summed E-state index contributed by atoms with van der Waals surface area (Å²) in [4.78, 5) is 31.6. The van der Waals surface area contributed by atoms with Crippen molar-refractivity contribution in [2.24, 2.45) is 0 Å². The van der Waals surface area contributed by atoms with Gasteiger partial charge >= 0.3 is 0 Å². The van der Waals surface area contributed by atoms with Gasteiger partial charge in [0.25, 0.3) is 11.8 Å². The summed E-state index contributed by atoms with van der Waals surface area (Å²) in [5, 5.41) is 0. The highest BCUT2D eigenvalue weighted by atomic mass is 32.2. The van der Waals surface area contributed by atoms with E-state index in [-0.39, 0.29) is 5.91 Å². The van der Waals surface area contributed by atoms with Crippen LogP contribution < -0.4 is 9.80 Å². The Kier molecular flexibility index (Phi) is 5.53. The molecule has 0 aromatic heterocycles. The summed E-state index contributed by atoms with van der Waals surface area (Å²) in [5.41, 5.74) is 2.45. The normalized spacial score (nSPS) is 16.4. The molecule has 32 heavy (non-hydrogen) atoms. The molecular weight excluding hydrogens is 423 g/mol. The van der Waals surface area contributed by atoms with Crippen molar-refractivity contribution in [3.63, 3.8) is 0 Å². The van der Waals surface area contributed by atoms with Gasteiger partial charge in [0, 0.05) is 23.7 Å². The first-order chi connectivity index (χ1) is 15.6. The summed E-state index contributed by atoms with van der Waals surface area (Å²) in [5.74, 6) is -1.15. The molecule has 0 radical (unpaired) electrons. The highest BCUT2D eigenvalue weighted by molar-refractivity contribution is 8.04. The molecule has 2 amide bonds. The van der Waals surface area contributed by atoms with E-state index >= 15 is 0 Å². The predicted octanol–water partition coefficient (Wildman–Crippen LogP) is 5.50. The van der Waals surface area contributed by atoms with E-state index in [0.717, 1.165) is 23.7 Å². The lowest BCUT2D eigenvalue weighted by atomic mass is 10.1. The van der Waals surface area contributed by atoms with Crippen molar-refractivity contribution in [2.45, 2.75) is 17.7 Å². The van der Waals surface area contributed by atoms with Crippen molar-refractivity contribution in [1.82, 2.24) is 0 Å². The van der Waals surface area contributed by atoms with Crippen molar-refractivity contribution >= 4 is 40.5 Å². The van der Waals surface area contributed by atoms with Crippen LogP contribution in [0.1, 0.15) is 18.4 Å². The second-order valence-corrected chi connectivity index (χ2v) is 8.87. The van der Waals surface area contributed by atoms with Gasteiger partial charge in [-0.1, -0.05) is 42.1 Å². The van der Waals surface area contributed by atoms with Gasteiger partial charge in [0.2, 0.25) is 0 Å². The maximum atomic E-state index is 13.5. The molecule has 0 aliphatic carbocycles. The van der Waals surface area contributed by atoms with Crippen molar-refractivity contribution in [3.05, 3.63) is 95.1 Å². The van der Waals surface area contributed by atoms with Crippen molar-refractivity contribution in [3.8, 4) is 0 Å². The number of hydrogen-bond donors (Lipinski definition) is 0. The lowest BCUT2D eigenvalue weighted by Crippen LogP contribution is -2.31. The number of carbonyl (C=O) groups is 2. The van der Waals surface area contributed by atoms with Gasteiger partial charge in [-0.05, 0) is 66.9 Å². The first kappa shape index (κ1) is 20.5. The summed E-state index contributed by atoms with van der Waals surface area (Å²) in [6.07, 6.45) is 2.35. The number of rotatable bonds is 5. The average molecular weight is 445 g/mol. The SMILES string of the molecule is O=C1C(Sc2ccccc2)=C(c2ccc(F)cc2)C(=O)N1c1ccc(N2CCCC2)cc1. The van der Waals surface area contributed by atoms with Crippen LogP contribution in [0.15, 0.2) is 88.7 Å². The zero-order valence-electron chi connectivity index (χ0n) is 17.3. The molecule has 160 valence electrons. The van der Waals surface area contributed by atoms with E-state index in [1.165, 1.54) is 41.6 Å². The van der Waals surface area contributed by atoms with Gasteiger partial charge in [-0.3, -0.25) is 9.59 Å². The van der Waals surface area contributed by atoms with Crippen LogP contribution in [-0.2, 0) is 9.59 Å². The van der Waals surface area contributed by atoms with Crippen LogP contribution in [0.5, 0.6) is 0 Å². The lowest BCUT2D eigenvalue weighted by Gasteiger charge is -2.20. The minimum atomic E-state index is -0.394. The Bertz CT molecular complexity index is 1180. The first-order valence-corrected chi connectivity index (χ1v) is 11.4. The fourth-order valence-corrected chi connectivity index (χ4v) is 5.12. The number of nitrogens with zero attached hydrogens (tertiary/aromatic N) is 2. The number of amides is 2. The van der Waals surface area contributed by atoms with Gasteiger partial charge in [-0.25, -0.2) is 9.29 Å². The Morgan fingerprint density at radius 1 is 0.719 bits per heavy atom. The highest BCUT2D eigenvalue weighted by Gasteiger charge is 2.40. The molecule has 0 atom stereocenters. The van der Waals surface area contributed by atoms with Crippen molar-refractivity contribution in [1.29, 1.82) is 0 Å². The third-order valence-corrected chi connectivity index (χ3v) is 6.81. The molecule has 0 bridgehead atoms. The second kappa shape index (κ2) is 8.63. The Labute approximate surface area is 190 Å². The quantitative estimate of drug-likeness (QED) is 0.487. The van der Waals surface area contributed by atoms with Crippen LogP contribution in [0.3, 0.4) is 0 Å². The molecule has 2 aliphatic rings. The fraction of sp³-hybridized carbons (Fsp3) is 0.154. The second-order valence-electron chi connectivity index (χ2n) is 7.78. The van der Waals surface area contributed by atoms with E-state index in [2.05, 4.69) is 4.90 Å². The zero-order valence-corrected chi connectivity index (χ0v) is 18.1. The van der Waals surface area contributed by atoms with Gasteiger partial charge in [0.15, 0.2) is 0 Å². The van der Waals surface area contributed by atoms with Crippen molar-refractivity contribution < 1.29 is 14.0 Å². The summed E-state index contributed by atoms with van der Waals surface area (Å²) >= 11 is 1.26. The van der Waals surface area contributed by atoms with Crippen LogP contribution in [0, 0.1) is 5.82 Å². The molecule has 0 unspecified atom stereocenters. The Morgan fingerprint density at radius 2 is 1.34 bits per heavy atom. The lowest BCUT2D eigenvalue weighted by molar-refractivity contribution is -0.119. The number of benzene rings is 3. The Balaban J connectivity index is 1.52. The Morgan fingerprint density at radius 3 is 2.00 bits per heavy atom. The smallest absolute Gasteiger partial charge is 0.272 e. The predicted molar refractivity (Wildman–Crippen MR) is 126 cm³/mol. The van der Waals surface area contributed by atoms with Crippen molar-refractivity contribution in [2.75, 3.05) is 22.9 Å². The third kappa shape index (κ3) is 3.82. The summed E-state index contributed by atoms with van der Waals surface area (Å²) < 4.78 is 13.5. The van der Waals surface area contributed by atoms with Gasteiger partial charge in [-0.2, -0.15) is 0 Å². The maximum absolute atomic E-state index is 13.5. The Hall–Kier alpha value is -3.38. The molecule has 2 heterocycles. The largest absolute Gasteiger partial charge is 0.372 e. The molecule has 0 N–H and O–H groups in total. The first-order valence-electron chi connectivity index (χ1n) is 10.6. The molecule has 3 aromatic rings. The molecule has 3 aromatic carbocycles. The monoisotopic (exact) mass is 444 g/mol. The molecule has 4 nitrogen and oxygen atoms in total. The minimum Gasteiger partial charge on any atom is -0.372 e. The molecule has 1 fully saturated rings. The zero-order chi connectivity index (χ0) is 22.1. The highest BCUT2D eigenvalue weighted by Crippen LogP contribution is 2.41. The van der Waals surface area contributed by atoms with E-state index in [9.17, 15) is 14.0 Å². The van der Waals surface area contributed by atoms with Gasteiger partial charge in [0.05, 0.1) is 16.2 Å². The molecule has 2 aliphatic heterocycles. The number of imide groups is 1. The van der Waals surface area contributed by atoms with Gasteiger partial charge in [-0.15, -0.1) is 0 Å². The molecule has 0 saturated carbocycles. The fourth-order valence-electron chi connectivity index (χ4n) is 4.10. The van der Waals surface area contributed by atoms with E-state index in [4.69, 9.17) is 0 Å². The summed E-state index contributed by atoms with van der Waals surface area (Å²) in [7, 11) is 0. The van der Waals surface area contributed by atoms with Crippen LogP contribution in [0.4, 0.5) is 15.8 Å². The molecule has 5 rings (SSSR count). The van der Waals surface area contributed by atoms with E-state index in [0.29, 0.717) is 21.7 Å². The molecule has 1 saturated heterocycles. The van der Waals surface area contributed by atoms with E-state index in [1.54, 1.807) is 12.1 Å². The van der Waals surface area contributed by atoms with Gasteiger partial charge < -0.3 is 4.90 Å². The average Bonchev–Trinajstić information content (AvgIpc) is 3.43. The molecular formula is C26H21FN2O2S. The van der Waals surface area contributed by atoms with Crippen LogP contribution in [0.2, 0.25) is 0 Å². The summed E-state index contributed by atoms with van der Waals surface area (Å²) in [6, 6.07) is 22.7. The van der Waals surface area contributed by atoms with Crippen LogP contribution in [0.25, 0.3) is 5.57 Å². The topological polar surface area (TPSA) is 40.6 Å². The molecule has 0 spiro atoms. The third-order valence-electron chi connectivity index (χ3n) is 5.72. The number of hydrogen-bond acceptors (Lipinski definition) is 4.